The standard InChI is InChI=1S/C9H11N3/c1-9(2)3-7-4-11-12-8(7)5-10-6-9/h3-6,12H,1-2H3. The third-order valence-electron chi connectivity index (χ3n) is 1.84. The van der Waals surface area contributed by atoms with E-state index in [0.717, 1.165) is 10.6 Å². The monoisotopic (exact) mass is 161 g/mol. The van der Waals surface area contributed by atoms with Gasteiger partial charge in [0.2, 0.25) is 0 Å². The summed E-state index contributed by atoms with van der Waals surface area (Å²) in [5.41, 5.74) is 0.0195. The Morgan fingerprint density at radius 3 is 3.08 bits per heavy atom. The smallest absolute Gasteiger partial charge is 0.0829 e. The molecule has 62 valence electrons. The fourth-order valence-corrected chi connectivity index (χ4v) is 1.27. The lowest BCUT2D eigenvalue weighted by Gasteiger charge is -2.10. The number of hydrogen-bond acceptors (Lipinski definition) is 2. The second-order valence-corrected chi connectivity index (χ2v) is 3.61. The number of fused-ring (bicyclic) bond motifs is 1. The Morgan fingerprint density at radius 1 is 1.42 bits per heavy atom. The van der Waals surface area contributed by atoms with Crippen LogP contribution in [0.3, 0.4) is 0 Å². The van der Waals surface area contributed by atoms with E-state index in [4.69, 9.17) is 0 Å². The van der Waals surface area contributed by atoms with E-state index in [1.807, 2.05) is 12.4 Å². The van der Waals surface area contributed by atoms with Crippen molar-refractivity contribution in [3.63, 3.8) is 0 Å². The lowest BCUT2D eigenvalue weighted by molar-refractivity contribution is 0.741. The molecule has 12 heavy (non-hydrogen) atoms. The van der Waals surface area contributed by atoms with Gasteiger partial charge in [-0.1, -0.05) is 19.9 Å². The quantitative estimate of drug-likeness (QED) is 0.573. The van der Waals surface area contributed by atoms with Crippen molar-refractivity contribution in [2.45, 2.75) is 13.8 Å². The first-order chi connectivity index (χ1) is 5.67. The van der Waals surface area contributed by atoms with Crippen LogP contribution in [-0.2, 0) is 0 Å². The van der Waals surface area contributed by atoms with E-state index in [2.05, 4.69) is 35.1 Å². The lowest BCUT2D eigenvalue weighted by Crippen LogP contribution is -2.23. The van der Waals surface area contributed by atoms with Crippen LogP contribution in [-0.4, -0.2) is 16.4 Å². The zero-order valence-corrected chi connectivity index (χ0v) is 7.20. The fourth-order valence-electron chi connectivity index (χ4n) is 1.27. The Labute approximate surface area is 70.5 Å². The van der Waals surface area contributed by atoms with Crippen LogP contribution in [0.1, 0.15) is 13.8 Å². The third kappa shape index (κ3) is 1.18. The summed E-state index contributed by atoms with van der Waals surface area (Å²) in [7, 11) is 0. The number of nitrogens with zero attached hydrogens (tertiary/aromatic N) is 2. The molecular formula is C9H11N3. The van der Waals surface area contributed by atoms with Gasteiger partial charge in [-0.2, -0.15) is 5.10 Å². The van der Waals surface area contributed by atoms with Gasteiger partial charge in [0.15, 0.2) is 0 Å². The number of hydrogen-bond donors (Lipinski definition) is 1. The van der Waals surface area contributed by atoms with Crippen molar-refractivity contribution in [2.24, 2.45) is 10.4 Å². The van der Waals surface area contributed by atoms with Crippen molar-refractivity contribution < 1.29 is 0 Å². The number of H-pyrrole nitrogens is 1. The molecule has 0 aromatic carbocycles. The fraction of sp³-hybridized carbons (Fsp3) is 0.333. The van der Waals surface area contributed by atoms with Gasteiger partial charge in [-0.25, -0.2) is 0 Å². The van der Waals surface area contributed by atoms with Crippen LogP contribution in [0.2, 0.25) is 0 Å². The average Bonchev–Trinajstić information content (AvgIpc) is 2.31. The van der Waals surface area contributed by atoms with E-state index < -0.39 is 0 Å². The summed E-state index contributed by atoms with van der Waals surface area (Å²) in [5.74, 6) is 0. The molecule has 1 aromatic rings. The second kappa shape index (κ2) is 2.30. The molecule has 0 bridgehead atoms. The Hall–Kier alpha value is -1.38. The van der Waals surface area contributed by atoms with Crippen LogP contribution in [0.4, 0.5) is 0 Å². The molecule has 0 saturated carbocycles. The van der Waals surface area contributed by atoms with Crippen LogP contribution in [0.15, 0.2) is 11.2 Å². The third-order valence-corrected chi connectivity index (χ3v) is 1.84. The largest absolute Gasteiger partial charge is 0.276 e. The first kappa shape index (κ1) is 7.28. The molecule has 1 aliphatic heterocycles. The van der Waals surface area contributed by atoms with E-state index in [0.29, 0.717) is 0 Å². The Balaban J connectivity index is 2.75. The van der Waals surface area contributed by atoms with Crippen molar-refractivity contribution in [1.29, 1.82) is 0 Å². The zero-order chi connectivity index (χ0) is 8.60. The number of aromatic amines is 1. The lowest BCUT2D eigenvalue weighted by atomic mass is 9.94. The SMILES string of the molecule is CC1(C)C=NC=c2[nH]ncc2=C1. The summed E-state index contributed by atoms with van der Waals surface area (Å²) in [6.45, 7) is 4.24. The average molecular weight is 161 g/mol. The maximum Gasteiger partial charge on any atom is 0.0829 e. The molecule has 2 rings (SSSR count). The van der Waals surface area contributed by atoms with Crippen LogP contribution < -0.4 is 10.6 Å². The summed E-state index contributed by atoms with van der Waals surface area (Å²) >= 11 is 0. The molecule has 1 aromatic heterocycles. The molecule has 1 N–H and O–H groups in total. The molecule has 0 aliphatic carbocycles. The Bertz CT molecular complexity index is 423. The summed E-state index contributed by atoms with van der Waals surface area (Å²) in [6.07, 6.45) is 7.70. The zero-order valence-electron chi connectivity index (χ0n) is 7.20. The van der Waals surface area contributed by atoms with Gasteiger partial charge in [0.05, 0.1) is 17.7 Å². The van der Waals surface area contributed by atoms with Gasteiger partial charge in [0.1, 0.15) is 0 Å². The molecule has 0 fully saturated rings. The molecule has 0 unspecified atom stereocenters. The molecule has 0 amide bonds. The van der Waals surface area contributed by atoms with Gasteiger partial charge >= 0.3 is 0 Å². The molecule has 3 heteroatoms. The summed E-state index contributed by atoms with van der Waals surface area (Å²) in [5, 5.41) is 8.94. The maximum absolute atomic E-state index is 4.18. The van der Waals surface area contributed by atoms with Crippen molar-refractivity contribution in [3.8, 4) is 0 Å². The molecule has 0 atom stereocenters. The first-order valence-corrected chi connectivity index (χ1v) is 3.94. The molecule has 1 aliphatic rings. The maximum atomic E-state index is 4.18. The van der Waals surface area contributed by atoms with E-state index in [9.17, 15) is 0 Å². The second-order valence-electron chi connectivity index (χ2n) is 3.61. The van der Waals surface area contributed by atoms with Crippen LogP contribution >= 0.6 is 0 Å². The minimum atomic E-state index is 0.0195. The molecular weight excluding hydrogens is 150 g/mol. The van der Waals surface area contributed by atoms with E-state index in [1.54, 1.807) is 6.20 Å². The first-order valence-electron chi connectivity index (χ1n) is 3.94. The van der Waals surface area contributed by atoms with Gasteiger partial charge in [-0.15, -0.1) is 0 Å². The number of aromatic nitrogens is 2. The van der Waals surface area contributed by atoms with Crippen LogP contribution in [0.5, 0.6) is 0 Å². The minimum Gasteiger partial charge on any atom is -0.276 e. The molecule has 3 nitrogen and oxygen atoms in total. The van der Waals surface area contributed by atoms with Gasteiger partial charge in [0, 0.05) is 16.8 Å². The minimum absolute atomic E-state index is 0.0195. The predicted octanol–water partition coefficient (Wildman–Crippen LogP) is 0.0388. The Morgan fingerprint density at radius 2 is 2.25 bits per heavy atom. The van der Waals surface area contributed by atoms with Crippen molar-refractivity contribution in [2.75, 3.05) is 0 Å². The number of nitrogens with one attached hydrogen (secondary N) is 1. The van der Waals surface area contributed by atoms with Gasteiger partial charge in [0.25, 0.3) is 0 Å². The summed E-state index contributed by atoms with van der Waals surface area (Å²) in [4.78, 5) is 4.18. The number of rotatable bonds is 0. The van der Waals surface area contributed by atoms with E-state index in [-0.39, 0.29) is 5.41 Å². The predicted molar refractivity (Wildman–Crippen MR) is 49.0 cm³/mol. The van der Waals surface area contributed by atoms with Crippen molar-refractivity contribution in [3.05, 3.63) is 16.8 Å². The highest BCUT2D eigenvalue weighted by atomic mass is 15.1. The molecule has 0 saturated heterocycles. The Kier molecular flexibility index (Phi) is 1.40. The van der Waals surface area contributed by atoms with Gasteiger partial charge in [-0.3, -0.25) is 10.1 Å². The molecule has 0 radical (unpaired) electrons. The van der Waals surface area contributed by atoms with E-state index >= 15 is 0 Å². The van der Waals surface area contributed by atoms with Gasteiger partial charge in [-0.05, 0) is 0 Å². The highest BCUT2D eigenvalue weighted by molar-refractivity contribution is 5.76. The van der Waals surface area contributed by atoms with E-state index in [1.165, 1.54) is 0 Å². The van der Waals surface area contributed by atoms with Crippen molar-refractivity contribution in [1.82, 2.24) is 10.2 Å². The molecule has 0 spiro atoms. The van der Waals surface area contributed by atoms with Gasteiger partial charge < -0.3 is 0 Å². The summed E-state index contributed by atoms with van der Waals surface area (Å²) < 4.78 is 0. The van der Waals surface area contributed by atoms with Crippen molar-refractivity contribution >= 4 is 18.5 Å². The summed E-state index contributed by atoms with van der Waals surface area (Å²) in [6, 6.07) is 0. The van der Waals surface area contributed by atoms with Crippen LogP contribution in [0.25, 0.3) is 12.3 Å². The number of aliphatic imine (C=N–C) groups is 1. The molecule has 2 heterocycles. The highest BCUT2D eigenvalue weighted by Crippen LogP contribution is 2.13. The van der Waals surface area contributed by atoms with Crippen LogP contribution in [0, 0.1) is 5.41 Å². The topological polar surface area (TPSA) is 41.0 Å². The normalized spacial score (nSPS) is 18.8. The highest BCUT2D eigenvalue weighted by Gasteiger charge is 2.11.